The number of hydrogen-bond donors (Lipinski definition) is 2. The highest BCUT2D eigenvalue weighted by molar-refractivity contribution is 6.05. The number of carbonyl (C=O) groups is 2. The molecule has 1 aromatic rings. The molecule has 2 rings (SSSR count). The molecule has 0 saturated heterocycles. The first kappa shape index (κ1) is 13.9. The number of hydrogen-bond acceptors (Lipinski definition) is 4. The maximum Gasteiger partial charge on any atom is 0.338 e. The molecule has 5 heteroatoms. The summed E-state index contributed by atoms with van der Waals surface area (Å²) in [5, 5.41) is 12.4. The predicted octanol–water partition coefficient (Wildman–Crippen LogP) is 1.92. The fraction of sp³-hybridized carbons (Fsp3) is 0.200. The highest BCUT2D eigenvalue weighted by atomic mass is 16.5. The topological polar surface area (TPSA) is 75.6 Å². The molecule has 0 radical (unpaired) electrons. The molecule has 0 bridgehead atoms. The predicted molar refractivity (Wildman–Crippen MR) is 73.5 cm³/mol. The van der Waals surface area contributed by atoms with Crippen LogP contribution in [0.1, 0.15) is 18.9 Å². The summed E-state index contributed by atoms with van der Waals surface area (Å²) in [5.74, 6) is -1.98. The average Bonchev–Trinajstić information content (AvgIpc) is 2.60. The normalized spacial score (nSPS) is 15.2. The quantitative estimate of drug-likeness (QED) is 0.825. The van der Waals surface area contributed by atoms with E-state index in [2.05, 4.69) is 5.32 Å². The number of aliphatic hydroxyl groups is 1. The fourth-order valence-electron chi connectivity index (χ4n) is 1.88. The SMILES string of the molecule is CCOC(=O)C1=C(O)C(=O)NC(c2ccccc2)=CC1. The summed E-state index contributed by atoms with van der Waals surface area (Å²) in [6, 6.07) is 9.21. The molecule has 104 valence electrons. The van der Waals surface area contributed by atoms with Crippen LogP contribution in [-0.4, -0.2) is 23.6 Å². The minimum Gasteiger partial charge on any atom is -0.503 e. The Morgan fingerprint density at radius 3 is 2.70 bits per heavy atom. The van der Waals surface area contributed by atoms with Gasteiger partial charge in [-0.1, -0.05) is 36.4 Å². The van der Waals surface area contributed by atoms with Gasteiger partial charge in [0.15, 0.2) is 5.76 Å². The van der Waals surface area contributed by atoms with E-state index in [1.54, 1.807) is 13.0 Å². The Hall–Kier alpha value is -2.56. The summed E-state index contributed by atoms with van der Waals surface area (Å²) in [7, 11) is 0. The van der Waals surface area contributed by atoms with Crippen LogP contribution in [0.5, 0.6) is 0 Å². The van der Waals surface area contributed by atoms with Crippen LogP contribution in [0, 0.1) is 0 Å². The van der Waals surface area contributed by atoms with Crippen molar-refractivity contribution in [2.75, 3.05) is 6.61 Å². The van der Waals surface area contributed by atoms with Crippen molar-refractivity contribution < 1.29 is 19.4 Å². The van der Waals surface area contributed by atoms with Gasteiger partial charge in [0.25, 0.3) is 5.91 Å². The molecular formula is C15H15NO4. The van der Waals surface area contributed by atoms with Crippen molar-refractivity contribution >= 4 is 17.6 Å². The van der Waals surface area contributed by atoms with Crippen molar-refractivity contribution in [3.05, 3.63) is 53.3 Å². The van der Waals surface area contributed by atoms with Gasteiger partial charge in [0.2, 0.25) is 0 Å². The third kappa shape index (κ3) is 2.88. The Labute approximate surface area is 116 Å². The minimum absolute atomic E-state index is 0.0321. The van der Waals surface area contributed by atoms with E-state index in [1.807, 2.05) is 30.3 Å². The maximum absolute atomic E-state index is 11.8. The molecule has 0 fully saturated rings. The van der Waals surface area contributed by atoms with Gasteiger partial charge in [-0.3, -0.25) is 4.79 Å². The highest BCUT2D eigenvalue weighted by Crippen LogP contribution is 2.20. The summed E-state index contributed by atoms with van der Waals surface area (Å²) >= 11 is 0. The second kappa shape index (κ2) is 6.06. The number of nitrogens with one attached hydrogen (secondary N) is 1. The summed E-state index contributed by atoms with van der Waals surface area (Å²) in [5.41, 5.74) is 1.33. The van der Waals surface area contributed by atoms with Crippen LogP contribution in [0.2, 0.25) is 0 Å². The first-order valence-electron chi connectivity index (χ1n) is 6.29. The Kier molecular flexibility index (Phi) is 4.20. The molecule has 0 spiro atoms. The third-order valence-electron chi connectivity index (χ3n) is 2.87. The summed E-state index contributed by atoms with van der Waals surface area (Å²) in [4.78, 5) is 23.6. The number of carbonyl (C=O) groups excluding carboxylic acids is 2. The molecule has 5 nitrogen and oxygen atoms in total. The zero-order chi connectivity index (χ0) is 14.5. The third-order valence-corrected chi connectivity index (χ3v) is 2.87. The lowest BCUT2D eigenvalue weighted by atomic mass is 10.1. The number of aliphatic hydroxyl groups excluding tert-OH is 1. The number of benzene rings is 1. The number of amides is 1. The molecule has 1 aliphatic heterocycles. The van der Waals surface area contributed by atoms with Gasteiger partial charge in [-0.05, 0) is 12.5 Å². The van der Waals surface area contributed by atoms with Crippen LogP contribution < -0.4 is 5.32 Å². The van der Waals surface area contributed by atoms with Gasteiger partial charge >= 0.3 is 5.97 Å². The van der Waals surface area contributed by atoms with Gasteiger partial charge in [0.1, 0.15) is 0 Å². The van der Waals surface area contributed by atoms with E-state index in [-0.39, 0.29) is 18.6 Å². The second-order valence-corrected chi connectivity index (χ2v) is 4.19. The molecule has 1 aromatic carbocycles. The van der Waals surface area contributed by atoms with E-state index in [1.165, 1.54) is 0 Å². The standard InChI is InChI=1S/C15H15NO4/c1-2-20-15(19)11-8-9-12(16-14(18)13(11)17)10-6-4-3-5-7-10/h3-7,9,17H,2,8H2,1H3,(H,16,18). The van der Waals surface area contributed by atoms with Crippen LogP contribution in [0.25, 0.3) is 5.70 Å². The molecule has 1 aliphatic rings. The van der Waals surface area contributed by atoms with Crippen LogP contribution in [0.3, 0.4) is 0 Å². The molecule has 20 heavy (non-hydrogen) atoms. The smallest absolute Gasteiger partial charge is 0.338 e. The maximum atomic E-state index is 11.8. The number of allylic oxidation sites excluding steroid dienone is 1. The van der Waals surface area contributed by atoms with Crippen molar-refractivity contribution in [3.8, 4) is 0 Å². The van der Waals surface area contributed by atoms with Crippen molar-refractivity contribution in [1.29, 1.82) is 0 Å². The van der Waals surface area contributed by atoms with E-state index >= 15 is 0 Å². The number of rotatable bonds is 3. The fourth-order valence-corrected chi connectivity index (χ4v) is 1.88. The van der Waals surface area contributed by atoms with Gasteiger partial charge < -0.3 is 15.2 Å². The van der Waals surface area contributed by atoms with E-state index in [4.69, 9.17) is 4.74 Å². The number of esters is 1. The van der Waals surface area contributed by atoms with E-state index < -0.39 is 17.6 Å². The molecule has 1 amide bonds. The number of ether oxygens (including phenoxy) is 1. The molecule has 0 aromatic heterocycles. The lowest BCUT2D eigenvalue weighted by Gasteiger charge is -2.07. The summed E-state index contributed by atoms with van der Waals surface area (Å²) < 4.78 is 4.83. The Balaban J connectivity index is 2.30. The molecule has 1 heterocycles. The van der Waals surface area contributed by atoms with Gasteiger partial charge in [0, 0.05) is 12.1 Å². The van der Waals surface area contributed by atoms with Crippen molar-refractivity contribution in [3.63, 3.8) is 0 Å². The Morgan fingerprint density at radius 2 is 2.05 bits per heavy atom. The van der Waals surface area contributed by atoms with Gasteiger partial charge in [0.05, 0.1) is 12.2 Å². The molecule has 0 unspecified atom stereocenters. The lowest BCUT2D eigenvalue weighted by Crippen LogP contribution is -2.24. The zero-order valence-corrected chi connectivity index (χ0v) is 11.1. The van der Waals surface area contributed by atoms with Crippen LogP contribution in [0.4, 0.5) is 0 Å². The molecule has 0 saturated carbocycles. The zero-order valence-electron chi connectivity index (χ0n) is 11.1. The lowest BCUT2D eigenvalue weighted by molar-refractivity contribution is -0.139. The van der Waals surface area contributed by atoms with Crippen LogP contribution in [-0.2, 0) is 14.3 Å². The van der Waals surface area contributed by atoms with Gasteiger partial charge in [-0.25, -0.2) is 4.79 Å². The van der Waals surface area contributed by atoms with Crippen molar-refractivity contribution in [1.82, 2.24) is 5.32 Å². The minimum atomic E-state index is -0.708. The first-order chi connectivity index (χ1) is 9.63. The highest BCUT2D eigenvalue weighted by Gasteiger charge is 2.24. The van der Waals surface area contributed by atoms with E-state index in [0.717, 1.165) is 5.56 Å². The van der Waals surface area contributed by atoms with Crippen molar-refractivity contribution in [2.24, 2.45) is 0 Å². The van der Waals surface area contributed by atoms with Crippen molar-refractivity contribution in [2.45, 2.75) is 13.3 Å². The Bertz CT molecular complexity index is 587. The first-order valence-corrected chi connectivity index (χ1v) is 6.29. The van der Waals surface area contributed by atoms with E-state index in [0.29, 0.717) is 5.70 Å². The van der Waals surface area contributed by atoms with Gasteiger partial charge in [-0.15, -0.1) is 0 Å². The van der Waals surface area contributed by atoms with Crippen LogP contribution >= 0.6 is 0 Å². The summed E-state index contributed by atoms with van der Waals surface area (Å²) in [6.07, 6.45) is 1.82. The Morgan fingerprint density at radius 1 is 1.35 bits per heavy atom. The molecule has 0 atom stereocenters. The second-order valence-electron chi connectivity index (χ2n) is 4.19. The van der Waals surface area contributed by atoms with E-state index in [9.17, 15) is 14.7 Å². The molecular weight excluding hydrogens is 258 g/mol. The summed E-state index contributed by atoms with van der Waals surface area (Å²) in [6.45, 7) is 1.85. The largest absolute Gasteiger partial charge is 0.503 e. The molecule has 2 N–H and O–H groups in total. The van der Waals surface area contributed by atoms with Gasteiger partial charge in [-0.2, -0.15) is 0 Å². The van der Waals surface area contributed by atoms with Crippen LogP contribution in [0.15, 0.2) is 47.7 Å². The monoisotopic (exact) mass is 273 g/mol. The molecule has 0 aliphatic carbocycles. The average molecular weight is 273 g/mol.